The van der Waals surface area contributed by atoms with Gasteiger partial charge in [-0.15, -0.1) is 0 Å². The molecule has 0 aliphatic rings. The molecule has 9 heteroatoms. The van der Waals surface area contributed by atoms with Crippen LogP contribution in [0.1, 0.15) is 51.5 Å². The van der Waals surface area contributed by atoms with Crippen molar-refractivity contribution in [3.05, 3.63) is 54.2 Å². The molecule has 178 valence electrons. The van der Waals surface area contributed by atoms with Crippen molar-refractivity contribution in [2.24, 2.45) is 5.92 Å². The molecule has 0 spiro atoms. The lowest BCUT2D eigenvalue weighted by Crippen LogP contribution is -2.58. The van der Waals surface area contributed by atoms with Crippen LogP contribution in [0.2, 0.25) is 0 Å². The number of carbonyl (C=O) groups is 2. The smallest absolute Gasteiger partial charge is 0.426 e. The van der Waals surface area contributed by atoms with Crippen molar-refractivity contribution in [3.8, 4) is 11.3 Å². The maximum Gasteiger partial charge on any atom is 0.475 e. The maximum atomic E-state index is 13.1. The van der Waals surface area contributed by atoms with Crippen molar-refractivity contribution in [2.75, 3.05) is 0 Å². The van der Waals surface area contributed by atoms with E-state index in [0.717, 1.165) is 5.56 Å². The van der Waals surface area contributed by atoms with Crippen LogP contribution in [0.15, 0.2) is 48.5 Å². The number of aromatic nitrogens is 1. The molecule has 4 N–H and O–H groups in total. The van der Waals surface area contributed by atoms with E-state index in [0.29, 0.717) is 12.1 Å². The Morgan fingerprint density at radius 3 is 2.21 bits per heavy atom. The lowest BCUT2D eigenvalue weighted by atomic mass is 9.75. The summed E-state index contributed by atoms with van der Waals surface area (Å²) in [6.07, 6.45) is -0.479. The molecule has 33 heavy (non-hydrogen) atoms. The van der Waals surface area contributed by atoms with Crippen LogP contribution in [0.5, 0.6) is 0 Å². The van der Waals surface area contributed by atoms with Gasteiger partial charge in [-0.05, 0) is 45.2 Å². The van der Waals surface area contributed by atoms with Crippen LogP contribution < -0.4 is 10.6 Å². The van der Waals surface area contributed by atoms with Crippen LogP contribution >= 0.6 is 0 Å². The fourth-order valence-corrected chi connectivity index (χ4v) is 3.49. The van der Waals surface area contributed by atoms with E-state index in [4.69, 9.17) is 4.74 Å². The number of nitrogens with zero attached hydrogens (tertiary/aromatic N) is 1. The van der Waals surface area contributed by atoms with Gasteiger partial charge in [-0.25, -0.2) is 4.98 Å². The molecule has 0 saturated carbocycles. The Bertz CT molecular complexity index is 908. The van der Waals surface area contributed by atoms with Gasteiger partial charge in [0, 0.05) is 5.56 Å². The van der Waals surface area contributed by atoms with Crippen LogP contribution in [0, 0.1) is 5.92 Å². The number of hydrogen-bond acceptors (Lipinski definition) is 6. The van der Waals surface area contributed by atoms with E-state index in [2.05, 4.69) is 15.6 Å². The highest BCUT2D eigenvalue weighted by Crippen LogP contribution is 2.17. The summed E-state index contributed by atoms with van der Waals surface area (Å²) in [6.45, 7) is 9.17. The van der Waals surface area contributed by atoms with Gasteiger partial charge >= 0.3 is 7.12 Å². The minimum absolute atomic E-state index is 0.124. The van der Waals surface area contributed by atoms with Gasteiger partial charge in [0.1, 0.15) is 11.7 Å². The summed E-state index contributed by atoms with van der Waals surface area (Å²) in [7, 11) is -1.72. The Morgan fingerprint density at radius 1 is 0.970 bits per heavy atom. The van der Waals surface area contributed by atoms with E-state index < -0.39 is 37.0 Å². The van der Waals surface area contributed by atoms with Crippen LogP contribution in [-0.4, -0.2) is 58.2 Å². The van der Waals surface area contributed by atoms with Crippen LogP contribution in [0.25, 0.3) is 11.3 Å². The van der Waals surface area contributed by atoms with Crippen molar-refractivity contribution in [2.45, 2.75) is 65.2 Å². The molecule has 2 aromatic rings. The molecule has 0 saturated heterocycles. The van der Waals surface area contributed by atoms with Gasteiger partial charge in [0.2, 0.25) is 5.91 Å². The van der Waals surface area contributed by atoms with Gasteiger partial charge in [-0.2, -0.15) is 0 Å². The summed E-state index contributed by atoms with van der Waals surface area (Å²) in [5, 5.41) is 24.7. The molecular formula is C24H34BN3O5. The summed E-state index contributed by atoms with van der Waals surface area (Å²) in [5.41, 5.74) is 1.66. The second kappa shape index (κ2) is 12.5. The standard InChI is InChI=1S/C24H34BN3O5/c1-15(2)14-21(25(31)32)27-24(30)22(17(5)33-16(3)4)28-23(29)20-13-9-12-19(26-20)18-10-7-6-8-11-18/h6-13,15-17,21-22,31-32H,14H2,1-5H3,(H,27,30)(H,28,29)/t17-,21+,22+/m1/s1. The lowest BCUT2D eigenvalue weighted by molar-refractivity contribution is -0.128. The van der Waals surface area contributed by atoms with E-state index in [9.17, 15) is 19.6 Å². The van der Waals surface area contributed by atoms with E-state index in [1.54, 1.807) is 25.1 Å². The Balaban J connectivity index is 2.24. The van der Waals surface area contributed by atoms with Gasteiger partial charge < -0.3 is 25.4 Å². The molecule has 0 unspecified atom stereocenters. The maximum absolute atomic E-state index is 13.1. The second-order valence-corrected chi connectivity index (χ2v) is 8.77. The van der Waals surface area contributed by atoms with Gasteiger partial charge in [-0.3, -0.25) is 9.59 Å². The number of ether oxygens (including phenoxy) is 1. The third-order valence-corrected chi connectivity index (χ3v) is 4.99. The quantitative estimate of drug-likeness (QED) is 0.386. The number of rotatable bonds is 11. The fourth-order valence-electron chi connectivity index (χ4n) is 3.49. The Labute approximate surface area is 195 Å². The Kier molecular flexibility index (Phi) is 10.0. The fraction of sp³-hybridized carbons (Fsp3) is 0.458. The molecule has 0 radical (unpaired) electrons. The summed E-state index contributed by atoms with van der Waals surface area (Å²) in [6, 6.07) is 13.5. The Hall–Kier alpha value is -2.75. The number of carbonyl (C=O) groups excluding carboxylic acids is 2. The molecule has 8 nitrogen and oxygen atoms in total. The molecule has 0 aliphatic heterocycles. The van der Waals surface area contributed by atoms with Crippen LogP contribution in [0.4, 0.5) is 0 Å². The molecule has 1 heterocycles. The largest absolute Gasteiger partial charge is 0.475 e. The topological polar surface area (TPSA) is 121 Å². The molecule has 0 aliphatic carbocycles. The molecule has 0 fully saturated rings. The highest BCUT2D eigenvalue weighted by atomic mass is 16.5. The molecule has 2 rings (SSSR count). The van der Waals surface area contributed by atoms with Crippen molar-refractivity contribution in [1.29, 1.82) is 0 Å². The van der Waals surface area contributed by atoms with E-state index in [-0.39, 0.29) is 17.7 Å². The first kappa shape index (κ1) is 26.5. The predicted molar refractivity (Wildman–Crippen MR) is 128 cm³/mol. The SMILES string of the molecule is CC(C)C[C@H](NC(=O)[C@@H](NC(=O)c1cccc(-c2ccccc2)n1)[C@@H](C)OC(C)C)B(O)O. The van der Waals surface area contributed by atoms with Gasteiger partial charge in [0.15, 0.2) is 0 Å². The number of nitrogens with one attached hydrogen (secondary N) is 2. The predicted octanol–water partition coefficient (Wildman–Crippen LogP) is 2.20. The zero-order valence-electron chi connectivity index (χ0n) is 19.9. The zero-order chi connectivity index (χ0) is 24.5. The number of benzene rings is 1. The van der Waals surface area contributed by atoms with Crippen LogP contribution in [-0.2, 0) is 9.53 Å². The second-order valence-electron chi connectivity index (χ2n) is 8.77. The van der Waals surface area contributed by atoms with E-state index >= 15 is 0 Å². The minimum atomic E-state index is -1.72. The normalized spacial score (nSPS) is 14.0. The Morgan fingerprint density at radius 2 is 1.64 bits per heavy atom. The first-order valence-electron chi connectivity index (χ1n) is 11.2. The molecule has 3 atom stereocenters. The first-order valence-corrected chi connectivity index (χ1v) is 11.2. The van der Waals surface area contributed by atoms with Gasteiger partial charge in [0.25, 0.3) is 5.91 Å². The average Bonchev–Trinajstić information content (AvgIpc) is 2.76. The van der Waals surface area contributed by atoms with E-state index in [1.807, 2.05) is 58.0 Å². The molecule has 0 bridgehead atoms. The highest BCUT2D eigenvalue weighted by Gasteiger charge is 2.33. The molecule has 1 aromatic heterocycles. The lowest BCUT2D eigenvalue weighted by Gasteiger charge is -2.28. The van der Waals surface area contributed by atoms with Crippen molar-refractivity contribution in [3.63, 3.8) is 0 Å². The minimum Gasteiger partial charge on any atom is -0.426 e. The monoisotopic (exact) mass is 455 g/mol. The van der Waals surface area contributed by atoms with Crippen LogP contribution in [0.3, 0.4) is 0 Å². The summed E-state index contributed by atoms with van der Waals surface area (Å²) < 4.78 is 5.77. The number of pyridine rings is 1. The summed E-state index contributed by atoms with van der Waals surface area (Å²) in [4.78, 5) is 30.5. The van der Waals surface area contributed by atoms with Gasteiger partial charge in [-0.1, -0.05) is 50.2 Å². The number of hydrogen-bond donors (Lipinski definition) is 4. The zero-order valence-corrected chi connectivity index (χ0v) is 19.9. The average molecular weight is 455 g/mol. The molecular weight excluding hydrogens is 421 g/mol. The van der Waals surface area contributed by atoms with E-state index in [1.165, 1.54) is 0 Å². The summed E-state index contributed by atoms with van der Waals surface area (Å²) in [5.74, 6) is -1.84. The van der Waals surface area contributed by atoms with Crippen molar-refractivity contribution in [1.82, 2.24) is 15.6 Å². The highest BCUT2D eigenvalue weighted by molar-refractivity contribution is 6.43. The first-order chi connectivity index (χ1) is 15.6. The molecule has 1 aromatic carbocycles. The van der Waals surface area contributed by atoms with Crippen molar-refractivity contribution >= 4 is 18.9 Å². The molecule has 2 amide bonds. The van der Waals surface area contributed by atoms with Crippen molar-refractivity contribution < 1.29 is 24.4 Å². The third kappa shape index (κ3) is 8.27. The number of amides is 2. The summed E-state index contributed by atoms with van der Waals surface area (Å²) >= 11 is 0. The van der Waals surface area contributed by atoms with Gasteiger partial charge in [0.05, 0.1) is 23.8 Å². The third-order valence-electron chi connectivity index (χ3n) is 4.99.